The molecule has 2 heterocycles. The highest BCUT2D eigenvalue weighted by molar-refractivity contribution is 7.09. The average Bonchev–Trinajstić information content (AvgIpc) is 3.19. The summed E-state index contributed by atoms with van der Waals surface area (Å²) in [5.74, 6) is 1.18. The van der Waals surface area contributed by atoms with Gasteiger partial charge >= 0.3 is 0 Å². The summed E-state index contributed by atoms with van der Waals surface area (Å²) in [7, 11) is 2.00. The summed E-state index contributed by atoms with van der Waals surface area (Å²) in [5, 5.41) is 9.56. The highest BCUT2D eigenvalue weighted by Gasteiger charge is 2.08. The van der Waals surface area contributed by atoms with Crippen molar-refractivity contribution in [3.05, 3.63) is 58.3 Å². The van der Waals surface area contributed by atoms with Crippen molar-refractivity contribution >= 4 is 11.3 Å². The first-order valence-electron chi connectivity index (χ1n) is 7.03. The van der Waals surface area contributed by atoms with Gasteiger partial charge in [0.2, 0.25) is 0 Å². The zero-order chi connectivity index (χ0) is 16.1. The van der Waals surface area contributed by atoms with Crippen LogP contribution in [0.4, 0.5) is 4.39 Å². The number of hydrogen-bond donors (Lipinski definition) is 1. The van der Waals surface area contributed by atoms with Crippen molar-refractivity contribution in [2.45, 2.75) is 19.7 Å². The fourth-order valence-corrected chi connectivity index (χ4v) is 2.76. The highest BCUT2D eigenvalue weighted by Crippen LogP contribution is 2.16. The van der Waals surface area contributed by atoms with Gasteiger partial charge in [0.15, 0.2) is 0 Å². The second kappa shape index (κ2) is 7.30. The van der Waals surface area contributed by atoms with Crippen LogP contribution in [0.5, 0.6) is 5.75 Å². The number of aromatic nitrogens is 4. The standard InChI is InChI=1S/C15H16FN5OS/c1-21(7-14-17-10-18-20-14)6-12-9-23-15(19-12)8-22-13-4-2-11(16)3-5-13/h2-5,9-10H,6-8H2,1H3,(H,17,18,20). The Morgan fingerprint density at radius 1 is 1.26 bits per heavy atom. The van der Waals surface area contributed by atoms with Crippen LogP contribution in [0, 0.1) is 5.82 Å². The summed E-state index contributed by atoms with van der Waals surface area (Å²) in [6.45, 7) is 1.77. The van der Waals surface area contributed by atoms with E-state index in [-0.39, 0.29) is 5.82 Å². The molecule has 120 valence electrons. The molecule has 0 spiro atoms. The minimum Gasteiger partial charge on any atom is -0.486 e. The zero-order valence-electron chi connectivity index (χ0n) is 12.6. The Morgan fingerprint density at radius 3 is 2.83 bits per heavy atom. The highest BCUT2D eigenvalue weighted by atomic mass is 32.1. The van der Waals surface area contributed by atoms with Crippen molar-refractivity contribution in [1.82, 2.24) is 25.1 Å². The molecule has 0 aliphatic heterocycles. The van der Waals surface area contributed by atoms with E-state index < -0.39 is 0 Å². The minimum atomic E-state index is -0.274. The van der Waals surface area contributed by atoms with Gasteiger partial charge in [0.1, 0.15) is 35.3 Å². The van der Waals surface area contributed by atoms with Crippen molar-refractivity contribution in [1.29, 1.82) is 0 Å². The first kappa shape index (κ1) is 15.6. The van der Waals surface area contributed by atoms with E-state index in [2.05, 4.69) is 25.1 Å². The second-order valence-corrected chi connectivity index (χ2v) is 6.02. The third-order valence-electron chi connectivity index (χ3n) is 3.09. The number of nitrogens with zero attached hydrogens (tertiary/aromatic N) is 4. The molecule has 0 aliphatic carbocycles. The Labute approximate surface area is 137 Å². The SMILES string of the molecule is CN(Cc1csc(COc2ccc(F)cc2)n1)Cc1ncn[nH]1. The van der Waals surface area contributed by atoms with Crippen LogP contribution in [0.1, 0.15) is 16.5 Å². The molecule has 8 heteroatoms. The normalized spacial score (nSPS) is 11.1. The molecule has 0 fully saturated rings. The number of rotatable bonds is 7. The summed E-state index contributed by atoms with van der Waals surface area (Å²) in [6, 6.07) is 5.96. The maximum atomic E-state index is 12.8. The predicted molar refractivity (Wildman–Crippen MR) is 84.4 cm³/mol. The minimum absolute atomic E-state index is 0.274. The molecule has 0 saturated heterocycles. The van der Waals surface area contributed by atoms with Crippen molar-refractivity contribution in [2.24, 2.45) is 0 Å². The van der Waals surface area contributed by atoms with Crippen LogP contribution in [0.15, 0.2) is 36.0 Å². The molecule has 2 aromatic heterocycles. The Bertz CT molecular complexity index is 729. The number of benzene rings is 1. The second-order valence-electron chi connectivity index (χ2n) is 5.08. The van der Waals surface area contributed by atoms with Gasteiger partial charge in [0.05, 0.1) is 12.2 Å². The monoisotopic (exact) mass is 333 g/mol. The zero-order valence-corrected chi connectivity index (χ0v) is 13.4. The van der Waals surface area contributed by atoms with Gasteiger partial charge < -0.3 is 4.74 Å². The molecule has 3 aromatic rings. The number of nitrogens with one attached hydrogen (secondary N) is 1. The van der Waals surface area contributed by atoms with E-state index in [1.807, 2.05) is 12.4 Å². The summed E-state index contributed by atoms with van der Waals surface area (Å²) in [6.07, 6.45) is 1.50. The lowest BCUT2D eigenvalue weighted by molar-refractivity contribution is 0.298. The van der Waals surface area contributed by atoms with E-state index in [4.69, 9.17) is 4.74 Å². The number of aromatic amines is 1. The third-order valence-corrected chi connectivity index (χ3v) is 3.96. The van der Waals surface area contributed by atoms with Gasteiger partial charge in [-0.3, -0.25) is 10.00 Å². The summed E-state index contributed by atoms with van der Waals surface area (Å²) in [5.41, 5.74) is 0.981. The van der Waals surface area contributed by atoms with Crippen LogP contribution >= 0.6 is 11.3 Å². The fourth-order valence-electron chi connectivity index (χ4n) is 2.06. The maximum Gasteiger partial charge on any atom is 0.140 e. The van der Waals surface area contributed by atoms with Crippen molar-refractivity contribution in [3.63, 3.8) is 0 Å². The van der Waals surface area contributed by atoms with Crippen LogP contribution in [-0.2, 0) is 19.7 Å². The summed E-state index contributed by atoms with van der Waals surface area (Å²) >= 11 is 1.55. The van der Waals surface area contributed by atoms with Crippen LogP contribution < -0.4 is 4.74 Å². The van der Waals surface area contributed by atoms with Gasteiger partial charge in [-0.15, -0.1) is 11.3 Å². The number of thiazole rings is 1. The Balaban J connectivity index is 1.50. The van der Waals surface area contributed by atoms with Crippen LogP contribution in [0.3, 0.4) is 0 Å². The van der Waals surface area contributed by atoms with Crippen molar-refractivity contribution in [3.8, 4) is 5.75 Å². The van der Waals surface area contributed by atoms with Crippen LogP contribution in [-0.4, -0.2) is 32.1 Å². The Hall–Kier alpha value is -2.32. The lowest BCUT2D eigenvalue weighted by atomic mass is 10.3. The first-order valence-corrected chi connectivity index (χ1v) is 7.91. The molecule has 23 heavy (non-hydrogen) atoms. The lowest BCUT2D eigenvalue weighted by Gasteiger charge is -2.12. The molecule has 0 aliphatic rings. The van der Waals surface area contributed by atoms with E-state index in [0.717, 1.165) is 16.5 Å². The first-order chi connectivity index (χ1) is 11.2. The van der Waals surface area contributed by atoms with E-state index in [1.165, 1.54) is 18.5 Å². The molecule has 1 N–H and O–H groups in total. The molecule has 0 bridgehead atoms. The predicted octanol–water partition coefficient (Wildman–Crippen LogP) is 2.61. The van der Waals surface area contributed by atoms with Gasteiger partial charge in [-0.25, -0.2) is 14.4 Å². The fraction of sp³-hybridized carbons (Fsp3) is 0.267. The largest absolute Gasteiger partial charge is 0.486 e. The van der Waals surface area contributed by atoms with Crippen LogP contribution in [0.25, 0.3) is 0 Å². The topological polar surface area (TPSA) is 66.9 Å². The van der Waals surface area contributed by atoms with Crippen molar-refractivity contribution < 1.29 is 9.13 Å². The Kier molecular flexibility index (Phi) is 4.94. The summed E-state index contributed by atoms with van der Waals surface area (Å²) in [4.78, 5) is 10.7. The van der Waals surface area contributed by atoms with Gasteiger partial charge in [0.25, 0.3) is 0 Å². The molecular formula is C15H16FN5OS. The maximum absolute atomic E-state index is 12.8. The summed E-state index contributed by atoms with van der Waals surface area (Å²) < 4.78 is 18.4. The van der Waals surface area contributed by atoms with Crippen LogP contribution in [0.2, 0.25) is 0 Å². The molecule has 0 radical (unpaired) electrons. The van der Waals surface area contributed by atoms with Gasteiger partial charge in [-0.05, 0) is 31.3 Å². The molecule has 0 unspecified atom stereocenters. The third kappa shape index (κ3) is 4.57. The molecule has 3 rings (SSSR count). The quantitative estimate of drug-likeness (QED) is 0.720. The number of hydrogen-bond acceptors (Lipinski definition) is 6. The number of H-pyrrole nitrogens is 1. The van der Waals surface area contributed by atoms with E-state index in [0.29, 0.717) is 25.4 Å². The van der Waals surface area contributed by atoms with E-state index in [9.17, 15) is 4.39 Å². The van der Waals surface area contributed by atoms with Gasteiger partial charge in [-0.1, -0.05) is 0 Å². The number of halogens is 1. The van der Waals surface area contributed by atoms with Crippen molar-refractivity contribution in [2.75, 3.05) is 7.05 Å². The molecular weight excluding hydrogens is 317 g/mol. The molecule has 0 saturated carbocycles. The lowest BCUT2D eigenvalue weighted by Crippen LogP contribution is -2.18. The molecule has 1 aromatic carbocycles. The van der Waals surface area contributed by atoms with E-state index in [1.54, 1.807) is 23.5 Å². The average molecular weight is 333 g/mol. The number of ether oxygens (including phenoxy) is 1. The van der Waals surface area contributed by atoms with E-state index >= 15 is 0 Å². The smallest absolute Gasteiger partial charge is 0.140 e. The van der Waals surface area contributed by atoms with Gasteiger partial charge in [0, 0.05) is 11.9 Å². The van der Waals surface area contributed by atoms with Gasteiger partial charge in [-0.2, -0.15) is 5.10 Å². The molecule has 0 amide bonds. The Morgan fingerprint density at radius 2 is 2.09 bits per heavy atom. The molecule has 6 nitrogen and oxygen atoms in total. The molecule has 0 atom stereocenters.